The number of rotatable bonds is 4. The summed E-state index contributed by atoms with van der Waals surface area (Å²) < 4.78 is 10.1. The Morgan fingerprint density at radius 3 is 2.21 bits per heavy atom. The lowest BCUT2D eigenvalue weighted by molar-refractivity contribution is 0.186. The van der Waals surface area contributed by atoms with E-state index in [1.54, 1.807) is 14.2 Å². The minimum Gasteiger partial charge on any atom is -0.497 e. The van der Waals surface area contributed by atoms with Crippen molar-refractivity contribution >= 4 is 11.9 Å². The summed E-state index contributed by atoms with van der Waals surface area (Å²) in [6, 6.07) is 18.1. The van der Waals surface area contributed by atoms with Gasteiger partial charge >= 0.3 is 0 Å². The predicted molar refractivity (Wildman–Crippen MR) is 78.1 cm³/mol. The van der Waals surface area contributed by atoms with Gasteiger partial charge in [0, 0.05) is 0 Å². The molecule has 0 radical (unpaired) electrons. The number of carbonyl (C=O) groups excluding carboxylic acids is 1. The van der Waals surface area contributed by atoms with Crippen LogP contribution in [-0.4, -0.2) is 20.5 Å². The van der Waals surface area contributed by atoms with Gasteiger partial charge in [-0.1, -0.05) is 53.6 Å². The Morgan fingerprint density at radius 2 is 1.63 bits per heavy atom. The van der Waals surface area contributed by atoms with Crippen molar-refractivity contribution in [3.05, 3.63) is 71.8 Å². The fraction of sp³-hybridized carbons (Fsp3) is 0.118. The van der Waals surface area contributed by atoms with Gasteiger partial charge in [-0.05, 0) is 12.1 Å². The van der Waals surface area contributed by atoms with E-state index in [1.165, 1.54) is 0 Å². The third-order valence-corrected chi connectivity index (χ3v) is 2.81. The van der Waals surface area contributed by atoms with Crippen LogP contribution in [0.4, 0.5) is 0 Å². The molecular formula is C17H16O2. The van der Waals surface area contributed by atoms with Crippen LogP contribution in [0.1, 0.15) is 11.1 Å². The van der Waals surface area contributed by atoms with Crippen molar-refractivity contribution in [1.29, 1.82) is 0 Å². The van der Waals surface area contributed by atoms with Crippen molar-refractivity contribution in [2.45, 2.75) is 0 Å². The molecule has 0 spiro atoms. The molecule has 0 N–H and O–H groups in total. The average Bonchev–Trinajstić information content (AvgIpc) is 2.49. The van der Waals surface area contributed by atoms with Crippen LogP contribution in [0.2, 0.25) is 0 Å². The van der Waals surface area contributed by atoms with Crippen molar-refractivity contribution in [1.82, 2.24) is 0 Å². The molecular weight excluding hydrogens is 236 g/mol. The Balaban J connectivity index is 2.43. The highest BCUT2D eigenvalue weighted by molar-refractivity contribution is 5.90. The maximum absolute atomic E-state index is 5.18. The Kier molecular flexibility index (Phi) is 4.51. The fourth-order valence-corrected chi connectivity index (χ4v) is 1.84. The van der Waals surface area contributed by atoms with Crippen molar-refractivity contribution in [3.8, 4) is 5.75 Å². The van der Waals surface area contributed by atoms with Gasteiger partial charge in [0.15, 0.2) is 0 Å². The first kappa shape index (κ1) is 13.1. The summed E-state index contributed by atoms with van der Waals surface area (Å²) in [6.45, 7) is 0. The maximum Gasteiger partial charge on any atom is 0.229 e. The van der Waals surface area contributed by atoms with E-state index in [1.807, 2.05) is 48.5 Å². The van der Waals surface area contributed by atoms with Crippen molar-refractivity contribution in [2.24, 2.45) is 0 Å². The van der Waals surface area contributed by atoms with Crippen LogP contribution in [0.15, 0.2) is 60.7 Å². The summed E-state index contributed by atoms with van der Waals surface area (Å²) in [5.41, 5.74) is 3.28. The van der Waals surface area contributed by atoms with Crippen LogP contribution < -0.4 is 4.74 Å². The van der Waals surface area contributed by atoms with Gasteiger partial charge in [0.1, 0.15) is 5.75 Å². The van der Waals surface area contributed by atoms with Crippen LogP contribution >= 0.6 is 0 Å². The Morgan fingerprint density at radius 1 is 1.00 bits per heavy atom. The van der Waals surface area contributed by atoms with E-state index in [4.69, 9.17) is 9.16 Å². The topological polar surface area (TPSA) is 20.5 Å². The Hall–Kier alpha value is -2.35. The third-order valence-electron chi connectivity index (χ3n) is 2.81. The van der Waals surface area contributed by atoms with Crippen molar-refractivity contribution < 1.29 is 9.16 Å². The highest BCUT2D eigenvalue weighted by Crippen LogP contribution is 2.24. The molecule has 0 aliphatic heterocycles. The fourth-order valence-electron chi connectivity index (χ4n) is 1.84. The molecule has 2 nitrogen and oxygen atoms in total. The van der Waals surface area contributed by atoms with Crippen LogP contribution in [0, 0.1) is 0 Å². The molecule has 2 aromatic rings. The van der Waals surface area contributed by atoms with E-state index in [0.717, 1.165) is 22.4 Å². The molecule has 0 heterocycles. The van der Waals surface area contributed by atoms with Gasteiger partial charge in [-0.2, -0.15) is 5.57 Å². The van der Waals surface area contributed by atoms with Crippen LogP contribution in [0.3, 0.4) is 0 Å². The van der Waals surface area contributed by atoms with Crippen LogP contribution in [-0.2, 0) is 4.42 Å². The maximum atomic E-state index is 5.18. The van der Waals surface area contributed by atoms with Gasteiger partial charge in [0.05, 0.1) is 7.11 Å². The van der Waals surface area contributed by atoms with Crippen LogP contribution in [0.25, 0.3) is 5.57 Å². The standard InChI is InChI=1S/C17H16O2/c1-18-13-12-17(14-6-4-3-5-7-14)15-8-10-16(19-2)11-9-15/h3-12H,1-2H3/b17-12+. The molecule has 2 rings (SSSR count). The zero-order valence-corrected chi connectivity index (χ0v) is 11.1. The second-order valence-electron chi connectivity index (χ2n) is 3.97. The number of hydrogen-bond acceptors (Lipinski definition) is 1. The molecule has 0 atom stereocenters. The summed E-state index contributed by atoms with van der Waals surface area (Å²) in [7, 11) is 3.25. The summed E-state index contributed by atoms with van der Waals surface area (Å²) in [5.74, 6) is 0.843. The van der Waals surface area contributed by atoms with Gasteiger partial charge in [-0.25, -0.2) is 0 Å². The molecule has 0 aromatic heterocycles. The molecule has 0 fully saturated rings. The molecule has 19 heavy (non-hydrogen) atoms. The summed E-state index contributed by atoms with van der Waals surface area (Å²) >= 11 is 0. The number of ether oxygens (including phenoxy) is 1. The van der Waals surface area contributed by atoms with E-state index in [0.29, 0.717) is 0 Å². The molecule has 0 aliphatic carbocycles. The lowest BCUT2D eigenvalue weighted by Crippen LogP contribution is -1.90. The monoisotopic (exact) mass is 252 g/mol. The first-order chi connectivity index (χ1) is 9.35. The molecule has 2 heteroatoms. The smallest absolute Gasteiger partial charge is 0.229 e. The number of methoxy groups -OCH3 is 1. The van der Waals surface area contributed by atoms with E-state index >= 15 is 0 Å². The van der Waals surface area contributed by atoms with Crippen LogP contribution in [0.5, 0.6) is 5.75 Å². The second-order valence-corrected chi connectivity index (χ2v) is 3.97. The minimum absolute atomic E-state index is 0.843. The van der Waals surface area contributed by atoms with Gasteiger partial charge in [0.25, 0.3) is 0 Å². The van der Waals surface area contributed by atoms with Gasteiger partial charge in [-0.3, -0.25) is 0 Å². The average molecular weight is 252 g/mol. The van der Waals surface area contributed by atoms with E-state index in [9.17, 15) is 0 Å². The quantitative estimate of drug-likeness (QED) is 0.464. The summed E-state index contributed by atoms with van der Waals surface area (Å²) in [6.07, 6.45) is 4.63. The first-order valence-electron chi connectivity index (χ1n) is 6.03. The third kappa shape index (κ3) is 3.32. The summed E-state index contributed by atoms with van der Waals surface area (Å²) in [4.78, 5) is 0. The molecule has 0 aliphatic rings. The lowest BCUT2D eigenvalue weighted by Gasteiger charge is -2.15. The predicted octanol–water partition coefficient (Wildman–Crippen LogP) is 3.40. The molecule has 0 saturated carbocycles. The molecule has 2 aromatic carbocycles. The zero-order chi connectivity index (χ0) is 13.5. The van der Waals surface area contributed by atoms with Crippen molar-refractivity contribution in [2.75, 3.05) is 14.2 Å². The normalized spacial score (nSPS) is 11.8. The SMILES string of the molecule is COc1ccc(/C(=C/[C-]=[O+]C)c2ccccc2)cc1. The Bertz CT molecular complexity index is 566. The van der Waals surface area contributed by atoms with Gasteiger partial charge < -0.3 is 9.16 Å². The molecule has 0 amide bonds. The highest BCUT2D eigenvalue weighted by atomic mass is 16.5. The first-order valence-corrected chi connectivity index (χ1v) is 6.03. The van der Waals surface area contributed by atoms with E-state index in [-0.39, 0.29) is 0 Å². The zero-order valence-electron chi connectivity index (χ0n) is 11.1. The second kappa shape index (κ2) is 6.55. The largest absolute Gasteiger partial charge is 0.497 e. The molecule has 0 bridgehead atoms. The molecule has 0 unspecified atom stereocenters. The number of allylic oxidation sites excluding steroid dienone is 1. The summed E-state index contributed by atoms with van der Waals surface area (Å²) in [5, 5.41) is 0. The number of benzene rings is 2. The van der Waals surface area contributed by atoms with Crippen molar-refractivity contribution in [3.63, 3.8) is 0 Å². The Labute approximate surface area is 113 Å². The molecule has 96 valence electrons. The van der Waals surface area contributed by atoms with Gasteiger partial charge in [0.2, 0.25) is 13.4 Å². The lowest BCUT2D eigenvalue weighted by atomic mass is 9.98. The van der Waals surface area contributed by atoms with E-state index in [2.05, 4.69) is 18.4 Å². The minimum atomic E-state index is 0.843. The van der Waals surface area contributed by atoms with E-state index < -0.39 is 0 Å². The highest BCUT2D eigenvalue weighted by Gasteiger charge is 1.97. The number of hydrogen-bond donors (Lipinski definition) is 0. The molecule has 0 saturated heterocycles. The van der Waals surface area contributed by atoms with Gasteiger partial charge in [-0.15, -0.1) is 6.08 Å².